The molecule has 6 nitrogen and oxygen atoms in total. The van der Waals surface area contributed by atoms with Gasteiger partial charge in [0.2, 0.25) is 15.9 Å². The van der Waals surface area contributed by atoms with E-state index in [-0.39, 0.29) is 24.4 Å². The molecule has 1 unspecified atom stereocenters. The highest BCUT2D eigenvalue weighted by atomic mass is 32.2. The van der Waals surface area contributed by atoms with Crippen LogP contribution in [0.5, 0.6) is 5.75 Å². The maximum absolute atomic E-state index is 12.7. The molecule has 0 aromatic heterocycles. The lowest BCUT2D eigenvalue weighted by Gasteiger charge is -2.26. The van der Waals surface area contributed by atoms with Crippen LogP contribution in [0, 0.1) is 0 Å². The number of hydrogen-bond acceptors (Lipinski definition) is 4. The van der Waals surface area contributed by atoms with Crippen LogP contribution in [0.15, 0.2) is 48.5 Å². The van der Waals surface area contributed by atoms with Crippen LogP contribution in [-0.2, 0) is 14.8 Å². The highest BCUT2D eigenvalue weighted by molar-refractivity contribution is 7.92. The molecular weight excluding hydrogens is 388 g/mol. The van der Waals surface area contributed by atoms with Gasteiger partial charge >= 0.3 is 0 Å². The summed E-state index contributed by atoms with van der Waals surface area (Å²) < 4.78 is 31.5. The zero-order chi connectivity index (χ0) is 21.6. The Kier molecular flexibility index (Phi) is 7.67. The quantitative estimate of drug-likeness (QED) is 0.671. The molecule has 0 aliphatic heterocycles. The molecule has 7 heteroatoms. The third kappa shape index (κ3) is 6.22. The van der Waals surface area contributed by atoms with Gasteiger partial charge in [-0.1, -0.05) is 44.2 Å². The molecule has 0 bridgehead atoms. The summed E-state index contributed by atoms with van der Waals surface area (Å²) >= 11 is 0. The van der Waals surface area contributed by atoms with E-state index in [1.165, 1.54) is 4.31 Å². The zero-order valence-corrected chi connectivity index (χ0v) is 18.5. The number of hydrogen-bond donors (Lipinski definition) is 1. The second kappa shape index (κ2) is 9.78. The summed E-state index contributed by atoms with van der Waals surface area (Å²) in [5, 5.41) is 2.88. The Morgan fingerprint density at radius 2 is 1.69 bits per heavy atom. The van der Waals surface area contributed by atoms with Gasteiger partial charge in [0.25, 0.3) is 0 Å². The van der Waals surface area contributed by atoms with E-state index in [2.05, 4.69) is 5.32 Å². The molecule has 2 rings (SSSR count). The van der Waals surface area contributed by atoms with Gasteiger partial charge in [-0.05, 0) is 49.1 Å². The van der Waals surface area contributed by atoms with E-state index in [4.69, 9.17) is 4.74 Å². The number of carbonyl (C=O) groups is 1. The van der Waals surface area contributed by atoms with Crippen molar-refractivity contribution < 1.29 is 17.9 Å². The average Bonchev–Trinajstić information content (AvgIpc) is 2.66. The number of ether oxygens (including phenoxy) is 1. The molecule has 1 N–H and O–H groups in total. The fraction of sp³-hybridized carbons (Fsp3) is 0.409. The number of benzene rings is 2. The van der Waals surface area contributed by atoms with E-state index < -0.39 is 10.0 Å². The number of rotatable bonds is 9. The minimum atomic E-state index is -3.63. The summed E-state index contributed by atoms with van der Waals surface area (Å²) in [6.07, 6.45) is 1.12. The Morgan fingerprint density at radius 3 is 2.24 bits per heavy atom. The van der Waals surface area contributed by atoms with Crippen molar-refractivity contribution in [3.05, 3.63) is 59.7 Å². The van der Waals surface area contributed by atoms with Gasteiger partial charge in [0, 0.05) is 0 Å². The molecule has 1 atom stereocenters. The van der Waals surface area contributed by atoms with Crippen LogP contribution in [0.2, 0.25) is 0 Å². The van der Waals surface area contributed by atoms with Crippen LogP contribution in [0.1, 0.15) is 50.8 Å². The van der Waals surface area contributed by atoms with Gasteiger partial charge in [-0.15, -0.1) is 0 Å². The van der Waals surface area contributed by atoms with Crippen molar-refractivity contribution in [3.63, 3.8) is 0 Å². The SMILES string of the molecule is CCOc1ccc(C(C)NC(=O)CN(c2ccccc2C(C)C)S(C)(=O)=O)cc1. The Hall–Kier alpha value is -2.54. The van der Waals surface area contributed by atoms with E-state index >= 15 is 0 Å². The largest absolute Gasteiger partial charge is 0.494 e. The third-order valence-corrected chi connectivity index (χ3v) is 5.71. The predicted octanol–water partition coefficient (Wildman–Crippen LogP) is 3.85. The van der Waals surface area contributed by atoms with Gasteiger partial charge in [-0.2, -0.15) is 0 Å². The summed E-state index contributed by atoms with van der Waals surface area (Å²) in [6.45, 7) is 8.08. The fourth-order valence-corrected chi connectivity index (χ4v) is 3.98. The first-order valence-electron chi connectivity index (χ1n) is 9.72. The summed E-state index contributed by atoms with van der Waals surface area (Å²) in [5.74, 6) is 0.528. The maximum Gasteiger partial charge on any atom is 0.241 e. The molecule has 0 saturated carbocycles. The van der Waals surface area contributed by atoms with Crippen molar-refractivity contribution in [2.75, 3.05) is 23.7 Å². The molecule has 2 aromatic rings. The molecule has 2 aromatic carbocycles. The van der Waals surface area contributed by atoms with E-state index in [0.717, 1.165) is 23.1 Å². The molecule has 0 saturated heterocycles. The van der Waals surface area contributed by atoms with Crippen LogP contribution >= 0.6 is 0 Å². The van der Waals surface area contributed by atoms with Crippen LogP contribution < -0.4 is 14.4 Å². The minimum Gasteiger partial charge on any atom is -0.494 e. The third-order valence-electron chi connectivity index (χ3n) is 4.58. The maximum atomic E-state index is 12.7. The Bertz CT molecular complexity index is 924. The Morgan fingerprint density at radius 1 is 1.07 bits per heavy atom. The number of para-hydroxylation sites is 1. The molecule has 158 valence electrons. The molecule has 0 aliphatic rings. The second-order valence-corrected chi connectivity index (χ2v) is 9.18. The number of sulfonamides is 1. The molecule has 29 heavy (non-hydrogen) atoms. The Labute approximate surface area is 173 Å². The minimum absolute atomic E-state index is 0.126. The molecule has 0 aliphatic carbocycles. The topological polar surface area (TPSA) is 75.7 Å². The van der Waals surface area contributed by atoms with E-state index in [1.807, 2.05) is 64.1 Å². The highest BCUT2D eigenvalue weighted by Gasteiger charge is 2.24. The number of amides is 1. The van der Waals surface area contributed by atoms with Gasteiger partial charge in [0.1, 0.15) is 12.3 Å². The van der Waals surface area contributed by atoms with Gasteiger partial charge in [-0.25, -0.2) is 8.42 Å². The van der Waals surface area contributed by atoms with Crippen LogP contribution in [0.3, 0.4) is 0 Å². The first kappa shape index (κ1) is 22.7. The van der Waals surface area contributed by atoms with E-state index in [9.17, 15) is 13.2 Å². The molecule has 1 amide bonds. The number of nitrogens with one attached hydrogen (secondary N) is 1. The average molecular weight is 419 g/mol. The summed E-state index contributed by atoms with van der Waals surface area (Å²) in [6, 6.07) is 14.5. The van der Waals surface area contributed by atoms with Crippen molar-refractivity contribution in [1.29, 1.82) is 0 Å². The standard InChI is InChI=1S/C22H30N2O4S/c1-6-28-19-13-11-18(12-14-19)17(4)23-22(25)15-24(29(5,26)27)21-10-8-7-9-20(21)16(2)3/h7-14,16-17H,6,15H2,1-5H3,(H,23,25). The molecule has 0 fully saturated rings. The van der Waals surface area contributed by atoms with E-state index in [0.29, 0.717) is 12.3 Å². The molecule has 0 heterocycles. The highest BCUT2D eigenvalue weighted by Crippen LogP contribution is 2.29. The van der Waals surface area contributed by atoms with Crippen molar-refractivity contribution in [3.8, 4) is 5.75 Å². The normalized spacial score (nSPS) is 12.5. The van der Waals surface area contributed by atoms with Crippen LogP contribution in [-0.4, -0.2) is 33.7 Å². The van der Waals surface area contributed by atoms with Crippen LogP contribution in [0.4, 0.5) is 5.69 Å². The lowest BCUT2D eigenvalue weighted by Crippen LogP contribution is -2.41. The van der Waals surface area contributed by atoms with Gasteiger partial charge in [0.15, 0.2) is 0 Å². The monoisotopic (exact) mass is 418 g/mol. The zero-order valence-electron chi connectivity index (χ0n) is 17.7. The first-order chi connectivity index (χ1) is 13.6. The number of anilines is 1. The van der Waals surface area contributed by atoms with Crippen molar-refractivity contribution in [2.45, 2.75) is 39.7 Å². The van der Waals surface area contributed by atoms with E-state index in [1.54, 1.807) is 12.1 Å². The molecular formula is C22H30N2O4S. The first-order valence-corrected chi connectivity index (χ1v) is 11.6. The lowest BCUT2D eigenvalue weighted by atomic mass is 10.0. The predicted molar refractivity (Wildman–Crippen MR) is 117 cm³/mol. The number of carbonyl (C=O) groups excluding carboxylic acids is 1. The molecule has 0 radical (unpaired) electrons. The Balaban J connectivity index is 2.17. The van der Waals surface area contributed by atoms with Crippen molar-refractivity contribution in [1.82, 2.24) is 5.32 Å². The van der Waals surface area contributed by atoms with Gasteiger partial charge in [-0.3, -0.25) is 9.10 Å². The summed E-state index contributed by atoms with van der Waals surface area (Å²) in [7, 11) is -3.63. The smallest absolute Gasteiger partial charge is 0.241 e. The van der Waals surface area contributed by atoms with Crippen molar-refractivity contribution >= 4 is 21.6 Å². The summed E-state index contributed by atoms with van der Waals surface area (Å²) in [4.78, 5) is 12.7. The summed E-state index contributed by atoms with van der Waals surface area (Å²) in [5.41, 5.74) is 2.33. The van der Waals surface area contributed by atoms with Crippen LogP contribution in [0.25, 0.3) is 0 Å². The molecule has 0 spiro atoms. The number of nitrogens with zero attached hydrogens (tertiary/aromatic N) is 1. The lowest BCUT2D eigenvalue weighted by molar-refractivity contribution is -0.120. The fourth-order valence-electron chi connectivity index (χ4n) is 3.10. The van der Waals surface area contributed by atoms with Gasteiger partial charge < -0.3 is 10.1 Å². The van der Waals surface area contributed by atoms with Gasteiger partial charge in [0.05, 0.1) is 24.6 Å². The van der Waals surface area contributed by atoms with Crippen molar-refractivity contribution in [2.24, 2.45) is 0 Å². The second-order valence-electron chi connectivity index (χ2n) is 7.27.